The van der Waals surface area contributed by atoms with Crippen LogP contribution in [0.4, 0.5) is 10.1 Å². The summed E-state index contributed by atoms with van der Waals surface area (Å²) in [4.78, 5) is 57.7. The number of nitrogens with one attached hydrogen (secondary N) is 4. The molecular formula is C24H22FN5O7S. The number of anilines is 1. The molecule has 1 aliphatic heterocycles. The molecule has 2 amide bonds. The normalized spacial score (nSPS) is 16.7. The highest BCUT2D eigenvalue weighted by Crippen LogP contribution is 2.33. The fraction of sp³-hybridized carbons (Fsp3) is 0.208. The van der Waals surface area contributed by atoms with Crippen molar-refractivity contribution in [2.24, 2.45) is 4.99 Å². The standard InChI is InChI=1S/C24H22FN5O7S/c1-36-14-8-7-13(9-15(14)37-2)26-17(31)10-16-20(32)30-24(38-16)27-19(11-3-5-12(25)6-4-11)18-21(33)28-23(35)29-22(18)34/h3-9,16,19H,10H2,1-2H3,(H,26,31)(H,27,30,32)(H3,28,29,33,34,35)/t16-,19+/m0/s1. The van der Waals surface area contributed by atoms with E-state index in [1.165, 1.54) is 26.4 Å². The third-order valence-electron chi connectivity index (χ3n) is 5.48. The molecule has 1 fully saturated rings. The van der Waals surface area contributed by atoms with Crippen LogP contribution in [0.15, 0.2) is 57.0 Å². The van der Waals surface area contributed by atoms with Crippen molar-refractivity contribution in [3.05, 3.63) is 80.2 Å². The summed E-state index contributed by atoms with van der Waals surface area (Å²) in [6.07, 6.45) is -0.199. The quantitative estimate of drug-likeness (QED) is 0.285. The average Bonchev–Trinajstić information content (AvgIpc) is 3.21. The number of H-pyrrole nitrogens is 2. The predicted octanol–water partition coefficient (Wildman–Crippen LogP) is 1.63. The van der Waals surface area contributed by atoms with E-state index in [1.54, 1.807) is 18.2 Å². The van der Waals surface area contributed by atoms with Crippen LogP contribution in [0.5, 0.6) is 17.4 Å². The third-order valence-corrected chi connectivity index (χ3v) is 6.57. The number of aromatic amines is 2. The van der Waals surface area contributed by atoms with Crippen molar-refractivity contribution in [2.75, 3.05) is 19.5 Å². The molecule has 2 aromatic carbocycles. The number of halogens is 1. The first-order chi connectivity index (χ1) is 18.2. The highest BCUT2D eigenvalue weighted by atomic mass is 32.2. The molecule has 5 N–H and O–H groups in total. The van der Waals surface area contributed by atoms with E-state index in [0.717, 1.165) is 23.9 Å². The van der Waals surface area contributed by atoms with E-state index in [4.69, 9.17) is 9.47 Å². The molecule has 0 spiro atoms. The van der Waals surface area contributed by atoms with Crippen LogP contribution >= 0.6 is 11.8 Å². The van der Waals surface area contributed by atoms with E-state index >= 15 is 0 Å². The zero-order valence-electron chi connectivity index (χ0n) is 20.0. The highest BCUT2D eigenvalue weighted by Gasteiger charge is 2.34. The number of rotatable bonds is 8. The number of aromatic hydroxyl groups is 1. The molecule has 38 heavy (non-hydrogen) atoms. The van der Waals surface area contributed by atoms with Gasteiger partial charge in [0, 0.05) is 18.2 Å². The van der Waals surface area contributed by atoms with Gasteiger partial charge < -0.3 is 25.2 Å². The SMILES string of the molecule is COc1ccc(NC(=O)C[C@@H]2SC(=N[C@H](c3ccc(F)cc3)c3c(O)[nH]c(=O)[nH]c3=O)NC2=O)cc1OC. The predicted molar refractivity (Wildman–Crippen MR) is 137 cm³/mol. The summed E-state index contributed by atoms with van der Waals surface area (Å²) in [5, 5.41) is 14.8. The number of methoxy groups -OCH3 is 2. The number of hydrogen-bond acceptors (Lipinski definition) is 9. The Bertz CT molecular complexity index is 1520. The maximum Gasteiger partial charge on any atom is 0.328 e. The van der Waals surface area contributed by atoms with Crippen molar-refractivity contribution < 1.29 is 28.6 Å². The minimum atomic E-state index is -1.21. The van der Waals surface area contributed by atoms with Crippen LogP contribution in [-0.4, -0.2) is 51.5 Å². The second-order valence-electron chi connectivity index (χ2n) is 7.98. The van der Waals surface area contributed by atoms with Gasteiger partial charge in [-0.25, -0.2) is 14.2 Å². The molecule has 2 atom stereocenters. The Hall–Kier alpha value is -4.59. The van der Waals surface area contributed by atoms with Crippen molar-refractivity contribution in [1.29, 1.82) is 0 Å². The van der Waals surface area contributed by atoms with E-state index < -0.39 is 46.1 Å². The lowest BCUT2D eigenvalue weighted by atomic mass is 10.0. The molecule has 198 valence electrons. The number of ether oxygens (including phenoxy) is 2. The van der Waals surface area contributed by atoms with Crippen molar-refractivity contribution >= 4 is 34.4 Å². The van der Waals surface area contributed by atoms with Gasteiger partial charge in [-0.05, 0) is 29.8 Å². The number of hydrogen-bond donors (Lipinski definition) is 5. The molecule has 3 aromatic rings. The molecular weight excluding hydrogens is 521 g/mol. The number of amides is 2. The zero-order valence-corrected chi connectivity index (χ0v) is 20.8. The molecule has 12 nitrogen and oxygen atoms in total. The second kappa shape index (κ2) is 11.2. The molecule has 0 aliphatic carbocycles. The maximum atomic E-state index is 13.5. The Labute approximate surface area is 218 Å². The Balaban J connectivity index is 1.55. The van der Waals surface area contributed by atoms with Gasteiger partial charge in [0.25, 0.3) is 5.56 Å². The van der Waals surface area contributed by atoms with E-state index in [1.807, 2.05) is 4.98 Å². The number of carbonyl (C=O) groups is 2. The van der Waals surface area contributed by atoms with Crippen LogP contribution in [0.25, 0.3) is 0 Å². The molecule has 4 rings (SSSR count). The molecule has 0 saturated carbocycles. The van der Waals surface area contributed by atoms with Crippen LogP contribution in [-0.2, 0) is 9.59 Å². The maximum absolute atomic E-state index is 13.5. The fourth-order valence-electron chi connectivity index (χ4n) is 3.70. The Morgan fingerprint density at radius 3 is 2.47 bits per heavy atom. The van der Waals surface area contributed by atoms with Crippen LogP contribution in [0.2, 0.25) is 0 Å². The minimum Gasteiger partial charge on any atom is -0.494 e. The lowest BCUT2D eigenvalue weighted by molar-refractivity contribution is -0.122. The summed E-state index contributed by atoms with van der Waals surface area (Å²) in [6, 6.07) is 8.59. The van der Waals surface area contributed by atoms with Crippen LogP contribution in [0.1, 0.15) is 23.6 Å². The Kier molecular flexibility index (Phi) is 7.81. The number of benzene rings is 2. The molecule has 1 aliphatic rings. The topological polar surface area (TPSA) is 175 Å². The van der Waals surface area contributed by atoms with Gasteiger partial charge in [0.15, 0.2) is 16.7 Å². The highest BCUT2D eigenvalue weighted by molar-refractivity contribution is 8.15. The summed E-state index contributed by atoms with van der Waals surface area (Å²) >= 11 is 0.951. The number of nitrogens with zero attached hydrogens (tertiary/aromatic N) is 1. The zero-order chi connectivity index (χ0) is 27.4. The Morgan fingerprint density at radius 1 is 1.11 bits per heavy atom. The number of aliphatic imine (C=N–C) groups is 1. The van der Waals surface area contributed by atoms with Gasteiger partial charge in [-0.1, -0.05) is 23.9 Å². The van der Waals surface area contributed by atoms with Gasteiger partial charge in [0.05, 0.1) is 14.2 Å². The minimum absolute atomic E-state index is 0.0678. The second-order valence-corrected chi connectivity index (χ2v) is 9.17. The number of aromatic nitrogens is 2. The van der Waals surface area contributed by atoms with Gasteiger partial charge >= 0.3 is 5.69 Å². The summed E-state index contributed by atoms with van der Waals surface area (Å²) in [7, 11) is 2.95. The molecule has 1 saturated heterocycles. The first-order valence-electron chi connectivity index (χ1n) is 11.1. The van der Waals surface area contributed by atoms with Gasteiger partial charge in [-0.2, -0.15) is 0 Å². The van der Waals surface area contributed by atoms with Crippen molar-refractivity contribution in [1.82, 2.24) is 15.3 Å². The van der Waals surface area contributed by atoms with E-state index in [9.17, 15) is 28.7 Å². The number of thioether (sulfide) groups is 1. The molecule has 0 radical (unpaired) electrons. The average molecular weight is 544 g/mol. The monoisotopic (exact) mass is 543 g/mol. The number of amidine groups is 1. The summed E-state index contributed by atoms with van der Waals surface area (Å²) in [5.74, 6) is -1.30. The lowest BCUT2D eigenvalue weighted by Crippen LogP contribution is -2.29. The molecule has 1 aromatic heterocycles. The first-order valence-corrected chi connectivity index (χ1v) is 11.9. The smallest absolute Gasteiger partial charge is 0.328 e. The third kappa shape index (κ3) is 5.86. The van der Waals surface area contributed by atoms with Crippen molar-refractivity contribution in [3.63, 3.8) is 0 Å². The Morgan fingerprint density at radius 2 is 1.82 bits per heavy atom. The van der Waals surface area contributed by atoms with Crippen LogP contribution < -0.4 is 31.4 Å². The summed E-state index contributed by atoms with van der Waals surface area (Å²) < 4.78 is 23.9. The summed E-state index contributed by atoms with van der Waals surface area (Å²) in [5.41, 5.74) is -1.41. The number of carbonyl (C=O) groups excluding carboxylic acids is 2. The van der Waals surface area contributed by atoms with Gasteiger partial charge in [-0.15, -0.1) is 0 Å². The largest absolute Gasteiger partial charge is 0.494 e. The van der Waals surface area contributed by atoms with Gasteiger partial charge in [-0.3, -0.25) is 24.4 Å². The van der Waals surface area contributed by atoms with E-state index in [-0.39, 0.29) is 17.2 Å². The molecule has 0 unspecified atom stereocenters. The van der Waals surface area contributed by atoms with Crippen molar-refractivity contribution in [3.8, 4) is 17.4 Å². The van der Waals surface area contributed by atoms with Crippen molar-refractivity contribution in [2.45, 2.75) is 17.7 Å². The fourth-order valence-corrected chi connectivity index (χ4v) is 4.70. The van der Waals surface area contributed by atoms with Crippen LogP contribution in [0.3, 0.4) is 0 Å². The van der Waals surface area contributed by atoms with E-state index in [2.05, 4.69) is 20.6 Å². The van der Waals surface area contributed by atoms with Gasteiger partial charge in [0.2, 0.25) is 17.7 Å². The molecule has 14 heteroatoms. The van der Waals surface area contributed by atoms with Gasteiger partial charge in [0.1, 0.15) is 22.7 Å². The van der Waals surface area contributed by atoms with Crippen LogP contribution in [0, 0.1) is 5.82 Å². The molecule has 0 bridgehead atoms. The summed E-state index contributed by atoms with van der Waals surface area (Å²) in [6.45, 7) is 0. The van der Waals surface area contributed by atoms with E-state index in [0.29, 0.717) is 22.7 Å². The molecule has 2 heterocycles. The lowest BCUT2D eigenvalue weighted by Gasteiger charge is -2.14. The first kappa shape index (κ1) is 26.5.